The van der Waals surface area contributed by atoms with Crippen molar-refractivity contribution < 1.29 is 18.1 Å². The molecule has 1 atom stereocenters. The molecule has 1 aliphatic carbocycles. The SMILES string of the molecule is CC1(C)CC1NC(=O)c1cc([N+](=O)[O-])cc(S(N)(=O)=O)c1. The quantitative estimate of drug-likeness (QED) is 0.625. The van der Waals surface area contributed by atoms with Gasteiger partial charge >= 0.3 is 0 Å². The minimum absolute atomic E-state index is 0.0147. The Labute approximate surface area is 121 Å². The van der Waals surface area contributed by atoms with Crippen molar-refractivity contribution in [1.29, 1.82) is 0 Å². The van der Waals surface area contributed by atoms with Gasteiger partial charge in [0.25, 0.3) is 11.6 Å². The van der Waals surface area contributed by atoms with Gasteiger partial charge in [-0.1, -0.05) is 13.8 Å². The maximum Gasteiger partial charge on any atom is 0.271 e. The van der Waals surface area contributed by atoms with Crippen molar-refractivity contribution in [2.45, 2.75) is 31.2 Å². The lowest BCUT2D eigenvalue weighted by Crippen LogP contribution is -2.28. The van der Waals surface area contributed by atoms with Crippen LogP contribution in [0.1, 0.15) is 30.6 Å². The van der Waals surface area contributed by atoms with Crippen LogP contribution in [0.2, 0.25) is 0 Å². The number of nitrogens with zero attached hydrogens (tertiary/aromatic N) is 1. The fraction of sp³-hybridized carbons (Fsp3) is 0.417. The molecule has 0 radical (unpaired) electrons. The highest BCUT2D eigenvalue weighted by molar-refractivity contribution is 7.89. The van der Waals surface area contributed by atoms with E-state index in [1.807, 2.05) is 13.8 Å². The molecule has 0 aliphatic heterocycles. The van der Waals surface area contributed by atoms with Crippen LogP contribution in [0, 0.1) is 15.5 Å². The van der Waals surface area contributed by atoms with Gasteiger partial charge in [0.05, 0.1) is 9.82 Å². The Morgan fingerprint density at radius 1 is 1.43 bits per heavy atom. The van der Waals surface area contributed by atoms with Gasteiger partial charge in [-0.2, -0.15) is 0 Å². The molecule has 0 spiro atoms. The van der Waals surface area contributed by atoms with Crippen LogP contribution in [0.5, 0.6) is 0 Å². The molecule has 8 nitrogen and oxygen atoms in total. The number of nitrogens with two attached hydrogens (primary N) is 1. The van der Waals surface area contributed by atoms with Gasteiger partial charge in [-0.15, -0.1) is 0 Å². The molecule has 9 heteroatoms. The summed E-state index contributed by atoms with van der Waals surface area (Å²) in [6, 6.07) is 2.86. The molecule has 0 heterocycles. The van der Waals surface area contributed by atoms with Crippen molar-refractivity contribution in [3.8, 4) is 0 Å². The van der Waals surface area contributed by atoms with Crippen molar-refractivity contribution in [3.63, 3.8) is 0 Å². The molecule has 1 saturated carbocycles. The molecular formula is C12H15N3O5S. The first-order valence-corrected chi connectivity index (χ1v) is 7.68. The van der Waals surface area contributed by atoms with Crippen LogP contribution in [-0.2, 0) is 10.0 Å². The molecule has 2 rings (SSSR count). The van der Waals surface area contributed by atoms with E-state index >= 15 is 0 Å². The second-order valence-corrected chi connectivity index (χ2v) is 7.30. The number of carbonyl (C=O) groups excluding carboxylic acids is 1. The smallest absolute Gasteiger partial charge is 0.271 e. The first kappa shape index (κ1) is 15.4. The fourth-order valence-electron chi connectivity index (χ4n) is 1.94. The lowest BCUT2D eigenvalue weighted by atomic mass is 10.1. The number of non-ortho nitro benzene ring substituents is 1. The summed E-state index contributed by atoms with van der Waals surface area (Å²) < 4.78 is 22.7. The van der Waals surface area contributed by atoms with Gasteiger partial charge in [0.15, 0.2) is 0 Å². The van der Waals surface area contributed by atoms with Gasteiger partial charge in [0.1, 0.15) is 0 Å². The largest absolute Gasteiger partial charge is 0.349 e. The second-order valence-electron chi connectivity index (χ2n) is 5.74. The predicted molar refractivity (Wildman–Crippen MR) is 74.1 cm³/mol. The van der Waals surface area contributed by atoms with E-state index < -0.39 is 31.4 Å². The Morgan fingerprint density at radius 3 is 2.43 bits per heavy atom. The highest BCUT2D eigenvalue weighted by atomic mass is 32.2. The molecule has 1 aromatic carbocycles. The summed E-state index contributed by atoms with van der Waals surface area (Å²) in [5.41, 5.74) is -0.614. The predicted octanol–water partition coefficient (Wildman–Crippen LogP) is 0.771. The number of carbonyl (C=O) groups is 1. The van der Waals surface area contributed by atoms with Crippen LogP contribution in [0.25, 0.3) is 0 Å². The second kappa shape index (κ2) is 4.78. The van der Waals surface area contributed by atoms with Crippen LogP contribution in [-0.4, -0.2) is 25.3 Å². The van der Waals surface area contributed by atoms with Gasteiger partial charge in [0.2, 0.25) is 10.0 Å². The van der Waals surface area contributed by atoms with E-state index in [4.69, 9.17) is 5.14 Å². The summed E-state index contributed by atoms with van der Waals surface area (Å²) in [7, 11) is -4.13. The summed E-state index contributed by atoms with van der Waals surface area (Å²) in [4.78, 5) is 21.7. The minimum Gasteiger partial charge on any atom is -0.349 e. The van der Waals surface area contributed by atoms with Crippen LogP contribution in [0.3, 0.4) is 0 Å². The van der Waals surface area contributed by atoms with Crippen molar-refractivity contribution in [3.05, 3.63) is 33.9 Å². The first-order chi connectivity index (χ1) is 9.50. The summed E-state index contributed by atoms with van der Waals surface area (Å²) in [6.07, 6.45) is 0.801. The molecule has 3 N–H and O–H groups in total. The van der Waals surface area contributed by atoms with Crippen LogP contribution >= 0.6 is 0 Å². The van der Waals surface area contributed by atoms with Gasteiger partial charge in [-0.05, 0) is 17.9 Å². The van der Waals surface area contributed by atoms with E-state index in [1.165, 1.54) is 0 Å². The van der Waals surface area contributed by atoms with Gasteiger partial charge in [-0.25, -0.2) is 13.6 Å². The van der Waals surface area contributed by atoms with E-state index in [2.05, 4.69) is 5.32 Å². The van der Waals surface area contributed by atoms with Gasteiger partial charge < -0.3 is 5.32 Å². The summed E-state index contributed by atoms with van der Waals surface area (Å²) >= 11 is 0. The highest BCUT2D eigenvalue weighted by Crippen LogP contribution is 2.44. The zero-order chi connectivity index (χ0) is 16.0. The van der Waals surface area contributed by atoms with E-state index in [1.54, 1.807) is 0 Å². The summed E-state index contributed by atoms with van der Waals surface area (Å²) in [5, 5.41) is 18.5. The molecule has 1 unspecified atom stereocenters. The molecule has 1 aliphatic rings. The third kappa shape index (κ3) is 3.37. The maximum absolute atomic E-state index is 12.1. The van der Waals surface area contributed by atoms with E-state index in [9.17, 15) is 23.3 Å². The van der Waals surface area contributed by atoms with Crippen molar-refractivity contribution in [2.75, 3.05) is 0 Å². The number of hydrogen-bond acceptors (Lipinski definition) is 5. The van der Waals surface area contributed by atoms with Gasteiger partial charge in [0, 0.05) is 23.7 Å². The number of amides is 1. The number of benzene rings is 1. The Kier molecular flexibility index (Phi) is 3.50. The van der Waals surface area contributed by atoms with Crippen molar-refractivity contribution >= 4 is 21.6 Å². The number of nitrogens with one attached hydrogen (secondary N) is 1. The van der Waals surface area contributed by atoms with Crippen LogP contribution in [0.15, 0.2) is 23.1 Å². The zero-order valence-corrected chi connectivity index (χ0v) is 12.3. The standard InChI is InChI=1S/C12H15N3O5S/c1-12(2)6-10(12)14-11(16)7-3-8(15(17)18)5-9(4-7)21(13,19)20/h3-5,10H,6H2,1-2H3,(H,14,16)(H2,13,19,20). The van der Waals surface area contributed by atoms with Crippen LogP contribution in [0.4, 0.5) is 5.69 Å². The molecule has 1 aromatic rings. The average Bonchev–Trinajstić information content (AvgIpc) is 2.94. The molecular weight excluding hydrogens is 298 g/mol. The number of nitro groups is 1. The molecule has 1 amide bonds. The summed E-state index contributed by atoms with van der Waals surface area (Å²) in [5.74, 6) is -0.556. The number of sulfonamides is 1. The Hall–Kier alpha value is -2.00. The van der Waals surface area contributed by atoms with Crippen molar-refractivity contribution in [2.24, 2.45) is 10.6 Å². The minimum atomic E-state index is -4.13. The third-order valence-electron chi connectivity index (χ3n) is 3.51. The topological polar surface area (TPSA) is 132 Å². The molecule has 21 heavy (non-hydrogen) atoms. The number of rotatable bonds is 4. The molecule has 0 saturated heterocycles. The number of nitro benzene ring substituents is 1. The molecule has 114 valence electrons. The monoisotopic (exact) mass is 313 g/mol. The molecule has 0 bridgehead atoms. The third-order valence-corrected chi connectivity index (χ3v) is 4.40. The van der Waals surface area contributed by atoms with E-state index in [0.29, 0.717) is 0 Å². The highest BCUT2D eigenvalue weighted by Gasteiger charge is 2.46. The van der Waals surface area contributed by atoms with Crippen molar-refractivity contribution in [1.82, 2.24) is 5.32 Å². The Bertz CT molecular complexity index is 726. The average molecular weight is 313 g/mol. The maximum atomic E-state index is 12.1. The van der Waals surface area contributed by atoms with E-state index in [-0.39, 0.29) is 17.0 Å². The van der Waals surface area contributed by atoms with Gasteiger partial charge in [-0.3, -0.25) is 14.9 Å². The molecule has 1 fully saturated rings. The lowest BCUT2D eigenvalue weighted by molar-refractivity contribution is -0.385. The van der Waals surface area contributed by atoms with Crippen LogP contribution < -0.4 is 10.5 Å². The number of primary sulfonamides is 1. The normalized spacial score (nSPS) is 19.9. The molecule has 0 aromatic heterocycles. The van der Waals surface area contributed by atoms with E-state index in [0.717, 1.165) is 24.6 Å². The number of hydrogen-bond donors (Lipinski definition) is 2. The zero-order valence-electron chi connectivity index (χ0n) is 11.5. The summed E-state index contributed by atoms with van der Waals surface area (Å²) in [6.45, 7) is 3.95. The Balaban J connectivity index is 2.36. The Morgan fingerprint density at radius 2 is 2.00 bits per heavy atom. The first-order valence-electron chi connectivity index (χ1n) is 6.14. The lowest BCUT2D eigenvalue weighted by Gasteiger charge is -2.08. The fourth-order valence-corrected chi connectivity index (χ4v) is 2.52.